The molecule has 2 N–H and O–H groups in total. The maximum atomic E-state index is 12.1. The second kappa shape index (κ2) is 10.4. The van der Waals surface area contributed by atoms with Crippen LogP contribution in [0.3, 0.4) is 0 Å². The smallest absolute Gasteiger partial charge is 0.319 e. The molecule has 2 aliphatic heterocycles. The van der Waals surface area contributed by atoms with E-state index in [2.05, 4.69) is 15.5 Å². The van der Waals surface area contributed by atoms with E-state index < -0.39 is 0 Å². The lowest BCUT2D eigenvalue weighted by Crippen LogP contribution is -2.44. The molecule has 2 amide bonds. The molecule has 2 heterocycles. The molecule has 4 rings (SSSR count). The molecule has 2 aromatic rings. The van der Waals surface area contributed by atoms with Crippen molar-refractivity contribution in [3.8, 4) is 17.2 Å². The second-order valence-corrected chi connectivity index (χ2v) is 8.14. The van der Waals surface area contributed by atoms with Crippen molar-refractivity contribution < 1.29 is 19.0 Å². The van der Waals surface area contributed by atoms with Crippen molar-refractivity contribution >= 4 is 11.7 Å². The molecule has 1 fully saturated rings. The molecule has 2 aliphatic rings. The Balaban J connectivity index is 1.11. The predicted octanol–water partition coefficient (Wildman–Crippen LogP) is 3.76. The Morgan fingerprint density at radius 1 is 1.10 bits per heavy atom. The summed E-state index contributed by atoms with van der Waals surface area (Å²) < 4.78 is 17.0. The van der Waals surface area contributed by atoms with Crippen LogP contribution < -0.4 is 24.8 Å². The van der Waals surface area contributed by atoms with Crippen LogP contribution >= 0.6 is 0 Å². The van der Waals surface area contributed by atoms with Gasteiger partial charge in [0.15, 0.2) is 11.5 Å². The van der Waals surface area contributed by atoms with Gasteiger partial charge in [-0.05, 0) is 74.7 Å². The van der Waals surface area contributed by atoms with Crippen LogP contribution in [0.25, 0.3) is 0 Å². The molecule has 7 heteroatoms. The number of nitrogens with one attached hydrogen (secondary N) is 2. The SMILES string of the molecule is COc1ccc(NC(=O)NCCC2CCN(CC3COc4ccccc4O3)CC2)cc1. The van der Waals surface area contributed by atoms with Gasteiger partial charge in [-0.15, -0.1) is 0 Å². The molecule has 166 valence electrons. The van der Waals surface area contributed by atoms with Crippen LogP contribution in [0.4, 0.5) is 10.5 Å². The number of rotatable bonds is 7. The Kier molecular flexibility index (Phi) is 7.14. The zero-order chi connectivity index (χ0) is 21.5. The molecule has 0 spiro atoms. The first-order valence-electron chi connectivity index (χ1n) is 11.0. The number of piperidine rings is 1. The molecular weight excluding hydrogens is 394 g/mol. The number of nitrogens with zero attached hydrogens (tertiary/aromatic N) is 1. The van der Waals surface area contributed by atoms with Crippen molar-refractivity contribution in [1.82, 2.24) is 10.2 Å². The quantitative estimate of drug-likeness (QED) is 0.707. The van der Waals surface area contributed by atoms with Gasteiger partial charge in [0.2, 0.25) is 0 Å². The van der Waals surface area contributed by atoms with Gasteiger partial charge in [-0.3, -0.25) is 4.90 Å². The number of ether oxygens (including phenoxy) is 3. The number of hydrogen-bond donors (Lipinski definition) is 2. The normalized spacial score (nSPS) is 18.9. The van der Waals surface area contributed by atoms with Gasteiger partial charge in [0.25, 0.3) is 0 Å². The summed E-state index contributed by atoms with van der Waals surface area (Å²) in [5.41, 5.74) is 0.753. The van der Waals surface area contributed by atoms with Gasteiger partial charge in [-0.1, -0.05) is 12.1 Å². The first kappa shape index (κ1) is 21.3. The van der Waals surface area contributed by atoms with E-state index in [1.54, 1.807) is 7.11 Å². The highest BCUT2D eigenvalue weighted by Crippen LogP contribution is 2.31. The maximum absolute atomic E-state index is 12.1. The number of likely N-dealkylation sites (tertiary alicyclic amines) is 1. The van der Waals surface area contributed by atoms with Crippen molar-refractivity contribution in [2.24, 2.45) is 5.92 Å². The largest absolute Gasteiger partial charge is 0.497 e. The van der Waals surface area contributed by atoms with Crippen LogP contribution in [0.2, 0.25) is 0 Å². The summed E-state index contributed by atoms with van der Waals surface area (Å²) in [6, 6.07) is 15.0. The highest BCUT2D eigenvalue weighted by Gasteiger charge is 2.26. The number of carbonyl (C=O) groups excluding carboxylic acids is 1. The van der Waals surface area contributed by atoms with Crippen molar-refractivity contribution in [1.29, 1.82) is 0 Å². The van der Waals surface area contributed by atoms with E-state index in [-0.39, 0.29) is 12.1 Å². The van der Waals surface area contributed by atoms with Gasteiger partial charge in [-0.25, -0.2) is 4.79 Å². The number of urea groups is 1. The highest BCUT2D eigenvalue weighted by molar-refractivity contribution is 5.89. The third-order valence-corrected chi connectivity index (χ3v) is 5.92. The Hall–Kier alpha value is -2.93. The van der Waals surface area contributed by atoms with E-state index in [4.69, 9.17) is 14.2 Å². The summed E-state index contributed by atoms with van der Waals surface area (Å²) in [6.45, 7) is 4.30. The fourth-order valence-corrected chi connectivity index (χ4v) is 4.14. The average molecular weight is 426 g/mol. The number of amides is 2. The molecule has 0 aromatic heterocycles. The minimum Gasteiger partial charge on any atom is -0.497 e. The van der Waals surface area contributed by atoms with E-state index in [1.807, 2.05) is 48.5 Å². The maximum Gasteiger partial charge on any atom is 0.319 e. The Labute approximate surface area is 183 Å². The first-order valence-corrected chi connectivity index (χ1v) is 11.0. The monoisotopic (exact) mass is 425 g/mol. The predicted molar refractivity (Wildman–Crippen MR) is 120 cm³/mol. The summed E-state index contributed by atoms with van der Waals surface area (Å²) in [7, 11) is 1.62. The molecule has 0 radical (unpaired) electrons. The second-order valence-electron chi connectivity index (χ2n) is 8.14. The topological polar surface area (TPSA) is 72.1 Å². The number of carbonyl (C=O) groups is 1. The number of benzene rings is 2. The average Bonchev–Trinajstić information content (AvgIpc) is 2.81. The molecule has 0 bridgehead atoms. The van der Waals surface area contributed by atoms with Crippen molar-refractivity contribution in [2.75, 3.05) is 45.2 Å². The Bertz CT molecular complexity index is 850. The van der Waals surface area contributed by atoms with Gasteiger partial charge < -0.3 is 24.8 Å². The van der Waals surface area contributed by atoms with Gasteiger partial charge in [-0.2, -0.15) is 0 Å². The standard InChI is InChI=1S/C24H31N3O4/c1-29-20-8-6-19(7-9-20)26-24(28)25-13-10-18-11-14-27(15-12-18)16-21-17-30-22-4-2-3-5-23(22)31-21/h2-9,18,21H,10-17H2,1H3,(H2,25,26,28). The summed E-state index contributed by atoms with van der Waals surface area (Å²) in [5.74, 6) is 3.08. The van der Waals surface area contributed by atoms with Gasteiger partial charge in [0, 0.05) is 18.8 Å². The number of methoxy groups -OCH3 is 1. The summed E-state index contributed by atoms with van der Waals surface area (Å²) in [5, 5.41) is 5.81. The van der Waals surface area contributed by atoms with E-state index in [1.165, 1.54) is 0 Å². The zero-order valence-corrected chi connectivity index (χ0v) is 18.0. The van der Waals surface area contributed by atoms with Crippen LogP contribution in [0.1, 0.15) is 19.3 Å². The van der Waals surface area contributed by atoms with Gasteiger partial charge in [0.1, 0.15) is 18.5 Å². The van der Waals surface area contributed by atoms with E-state index in [9.17, 15) is 4.79 Å². The zero-order valence-electron chi connectivity index (χ0n) is 18.0. The number of fused-ring (bicyclic) bond motifs is 1. The third-order valence-electron chi connectivity index (χ3n) is 5.92. The van der Waals surface area contributed by atoms with Crippen LogP contribution in [0.15, 0.2) is 48.5 Å². The molecule has 1 atom stereocenters. The minimum absolute atomic E-state index is 0.0785. The van der Waals surface area contributed by atoms with Crippen molar-refractivity contribution in [3.05, 3.63) is 48.5 Å². The third kappa shape index (κ3) is 6.04. The number of para-hydroxylation sites is 2. The molecular formula is C24H31N3O4. The molecule has 31 heavy (non-hydrogen) atoms. The lowest BCUT2D eigenvalue weighted by molar-refractivity contribution is 0.0473. The molecule has 2 aromatic carbocycles. The van der Waals surface area contributed by atoms with Crippen LogP contribution in [-0.2, 0) is 0 Å². The fourth-order valence-electron chi connectivity index (χ4n) is 4.14. The summed E-state index contributed by atoms with van der Waals surface area (Å²) >= 11 is 0. The van der Waals surface area contributed by atoms with Crippen LogP contribution in [-0.4, -0.2) is 56.9 Å². The molecule has 7 nitrogen and oxygen atoms in total. The van der Waals surface area contributed by atoms with Crippen LogP contribution in [0.5, 0.6) is 17.2 Å². The Morgan fingerprint density at radius 2 is 1.84 bits per heavy atom. The molecule has 1 saturated heterocycles. The summed E-state index contributed by atoms with van der Waals surface area (Å²) in [6.07, 6.45) is 3.37. The molecule has 0 saturated carbocycles. The molecule has 1 unspecified atom stereocenters. The fraction of sp³-hybridized carbons (Fsp3) is 0.458. The minimum atomic E-state index is -0.169. The Morgan fingerprint density at radius 3 is 2.58 bits per heavy atom. The number of anilines is 1. The van der Waals surface area contributed by atoms with Gasteiger partial charge in [0.05, 0.1) is 7.11 Å². The van der Waals surface area contributed by atoms with E-state index in [0.29, 0.717) is 19.1 Å². The van der Waals surface area contributed by atoms with Crippen molar-refractivity contribution in [3.63, 3.8) is 0 Å². The summed E-state index contributed by atoms with van der Waals surface area (Å²) in [4.78, 5) is 14.5. The van der Waals surface area contributed by atoms with Crippen LogP contribution in [0, 0.1) is 5.92 Å². The number of hydrogen-bond acceptors (Lipinski definition) is 5. The highest BCUT2D eigenvalue weighted by atomic mass is 16.6. The molecule has 0 aliphatic carbocycles. The van der Waals surface area contributed by atoms with E-state index in [0.717, 1.165) is 61.8 Å². The first-order chi connectivity index (χ1) is 15.2. The van der Waals surface area contributed by atoms with E-state index >= 15 is 0 Å². The van der Waals surface area contributed by atoms with Gasteiger partial charge >= 0.3 is 6.03 Å². The lowest BCUT2D eigenvalue weighted by atomic mass is 9.93. The van der Waals surface area contributed by atoms with Crippen molar-refractivity contribution in [2.45, 2.75) is 25.4 Å². The lowest BCUT2D eigenvalue weighted by Gasteiger charge is -2.35.